The molecule has 0 aromatic heterocycles. The Morgan fingerprint density at radius 2 is 1.72 bits per heavy atom. The van der Waals surface area contributed by atoms with E-state index in [2.05, 4.69) is 26.1 Å². The van der Waals surface area contributed by atoms with Crippen molar-refractivity contribution in [1.82, 2.24) is 5.32 Å². The Hall–Kier alpha value is -2.93. The van der Waals surface area contributed by atoms with E-state index in [9.17, 15) is 14.0 Å². The first-order valence-electron chi connectivity index (χ1n) is 10.9. The Morgan fingerprint density at radius 3 is 2.34 bits per heavy atom. The summed E-state index contributed by atoms with van der Waals surface area (Å²) in [6.07, 6.45) is 0.103. The van der Waals surface area contributed by atoms with Crippen LogP contribution in [0.5, 0.6) is 0 Å². The number of carbonyl (C=O) groups excluding carboxylic acids is 2. The van der Waals surface area contributed by atoms with E-state index in [1.165, 1.54) is 11.6 Å². The van der Waals surface area contributed by atoms with Crippen molar-refractivity contribution in [3.63, 3.8) is 0 Å². The summed E-state index contributed by atoms with van der Waals surface area (Å²) >= 11 is 0. The van der Waals surface area contributed by atoms with Crippen LogP contribution in [-0.4, -0.2) is 44.8 Å². The van der Waals surface area contributed by atoms with Crippen molar-refractivity contribution in [1.29, 1.82) is 0 Å². The second-order valence-electron chi connectivity index (χ2n) is 8.95. The SMILES string of the molecule is CC(C)(C)c1ccc(CC(=O)OCC(=O)NCc2ccc(N3CCOCC3)c(F)c2)cc1. The molecule has 32 heavy (non-hydrogen) atoms. The molecular formula is C25H31FN2O4. The summed E-state index contributed by atoms with van der Waals surface area (Å²) in [6, 6.07) is 12.7. The third-order valence-corrected chi connectivity index (χ3v) is 5.39. The normalized spacial score (nSPS) is 14.2. The van der Waals surface area contributed by atoms with Crippen LogP contribution in [0.4, 0.5) is 10.1 Å². The number of ether oxygens (including phenoxy) is 2. The van der Waals surface area contributed by atoms with Crippen LogP contribution in [0.1, 0.15) is 37.5 Å². The van der Waals surface area contributed by atoms with Crippen molar-refractivity contribution < 1.29 is 23.5 Å². The van der Waals surface area contributed by atoms with Crippen LogP contribution in [0.2, 0.25) is 0 Å². The van der Waals surface area contributed by atoms with E-state index < -0.39 is 11.9 Å². The smallest absolute Gasteiger partial charge is 0.310 e. The van der Waals surface area contributed by atoms with Crippen LogP contribution in [0.25, 0.3) is 0 Å². The fourth-order valence-corrected chi connectivity index (χ4v) is 3.46. The van der Waals surface area contributed by atoms with Crippen molar-refractivity contribution in [2.45, 2.75) is 39.2 Å². The number of halogens is 1. The van der Waals surface area contributed by atoms with Gasteiger partial charge in [-0.15, -0.1) is 0 Å². The number of anilines is 1. The van der Waals surface area contributed by atoms with Crippen LogP contribution in [0, 0.1) is 5.82 Å². The molecule has 2 aromatic rings. The van der Waals surface area contributed by atoms with Crippen molar-refractivity contribution in [3.05, 3.63) is 65.0 Å². The number of hydrogen-bond donors (Lipinski definition) is 1. The number of morpholine rings is 1. The summed E-state index contributed by atoms with van der Waals surface area (Å²) in [6.45, 7) is 8.64. The van der Waals surface area contributed by atoms with Gasteiger partial charge < -0.3 is 19.7 Å². The van der Waals surface area contributed by atoms with Gasteiger partial charge in [-0.3, -0.25) is 9.59 Å². The maximum atomic E-state index is 14.4. The fourth-order valence-electron chi connectivity index (χ4n) is 3.46. The average Bonchev–Trinajstić information content (AvgIpc) is 2.76. The first kappa shape index (κ1) is 23.7. The van der Waals surface area contributed by atoms with Gasteiger partial charge in [-0.2, -0.15) is 0 Å². The number of nitrogens with one attached hydrogen (secondary N) is 1. The molecule has 0 radical (unpaired) electrons. The lowest BCUT2D eigenvalue weighted by atomic mass is 9.86. The molecule has 1 heterocycles. The molecule has 1 aliphatic heterocycles. The van der Waals surface area contributed by atoms with E-state index in [1.807, 2.05) is 29.2 Å². The zero-order chi connectivity index (χ0) is 23.1. The summed E-state index contributed by atoms with van der Waals surface area (Å²) in [5.41, 5.74) is 3.23. The molecule has 1 N–H and O–H groups in total. The molecule has 0 spiro atoms. The molecule has 1 fully saturated rings. The molecule has 0 atom stereocenters. The van der Waals surface area contributed by atoms with Crippen molar-refractivity contribution in [3.8, 4) is 0 Å². The molecule has 3 rings (SSSR count). The predicted octanol–water partition coefficient (Wildman–Crippen LogP) is 3.36. The third kappa shape index (κ3) is 6.79. The Labute approximate surface area is 188 Å². The molecule has 1 amide bonds. The van der Waals surface area contributed by atoms with Crippen molar-refractivity contribution in [2.24, 2.45) is 0 Å². The van der Waals surface area contributed by atoms with E-state index in [1.54, 1.807) is 12.1 Å². The minimum atomic E-state index is -0.468. The van der Waals surface area contributed by atoms with Crippen LogP contribution in [0.15, 0.2) is 42.5 Å². The minimum Gasteiger partial charge on any atom is -0.455 e. The van der Waals surface area contributed by atoms with Gasteiger partial charge in [-0.25, -0.2) is 4.39 Å². The summed E-state index contributed by atoms with van der Waals surface area (Å²) in [7, 11) is 0. The zero-order valence-corrected chi connectivity index (χ0v) is 18.9. The third-order valence-electron chi connectivity index (χ3n) is 5.39. The van der Waals surface area contributed by atoms with Crippen LogP contribution >= 0.6 is 0 Å². The molecule has 0 saturated carbocycles. The van der Waals surface area contributed by atoms with E-state index >= 15 is 0 Å². The van der Waals surface area contributed by atoms with Gasteiger partial charge in [-0.1, -0.05) is 51.1 Å². The highest BCUT2D eigenvalue weighted by Gasteiger charge is 2.16. The van der Waals surface area contributed by atoms with Gasteiger partial charge in [-0.05, 0) is 34.2 Å². The lowest BCUT2D eigenvalue weighted by molar-refractivity contribution is -0.147. The summed E-state index contributed by atoms with van der Waals surface area (Å²) < 4.78 is 24.8. The molecule has 6 nitrogen and oxygen atoms in total. The van der Waals surface area contributed by atoms with Gasteiger partial charge in [0, 0.05) is 19.6 Å². The second-order valence-corrected chi connectivity index (χ2v) is 8.95. The van der Waals surface area contributed by atoms with E-state index in [0.717, 1.165) is 5.56 Å². The Kier molecular flexibility index (Phi) is 7.85. The molecule has 1 aliphatic rings. The number of nitrogens with zero attached hydrogens (tertiary/aromatic N) is 1. The standard InChI is InChI=1S/C25H31FN2O4/c1-25(2,3)20-7-4-18(5-8-20)15-24(30)32-17-23(29)27-16-19-6-9-22(21(26)14-19)28-10-12-31-13-11-28/h4-9,14H,10-13,15-17H2,1-3H3,(H,27,29). The Bertz CT molecular complexity index is 932. The maximum absolute atomic E-state index is 14.4. The lowest BCUT2D eigenvalue weighted by Crippen LogP contribution is -2.36. The zero-order valence-electron chi connectivity index (χ0n) is 18.9. The van der Waals surface area contributed by atoms with Crippen LogP contribution in [-0.2, 0) is 37.4 Å². The molecule has 172 valence electrons. The highest BCUT2D eigenvalue weighted by Crippen LogP contribution is 2.23. The topological polar surface area (TPSA) is 67.9 Å². The van der Waals surface area contributed by atoms with Gasteiger partial charge >= 0.3 is 5.97 Å². The highest BCUT2D eigenvalue weighted by atomic mass is 19.1. The molecule has 0 unspecified atom stereocenters. The maximum Gasteiger partial charge on any atom is 0.310 e. The molecule has 1 saturated heterocycles. The number of rotatable bonds is 7. The van der Waals surface area contributed by atoms with Gasteiger partial charge in [0.05, 0.1) is 25.3 Å². The summed E-state index contributed by atoms with van der Waals surface area (Å²) in [5.74, 6) is -1.23. The quantitative estimate of drug-likeness (QED) is 0.666. The van der Waals surface area contributed by atoms with Gasteiger partial charge in [0.25, 0.3) is 5.91 Å². The molecule has 0 aliphatic carbocycles. The summed E-state index contributed by atoms with van der Waals surface area (Å²) in [4.78, 5) is 26.0. The summed E-state index contributed by atoms with van der Waals surface area (Å²) in [5, 5.41) is 2.65. The number of amides is 1. The number of esters is 1. The first-order valence-corrected chi connectivity index (χ1v) is 10.9. The molecular weight excluding hydrogens is 411 g/mol. The lowest BCUT2D eigenvalue weighted by Gasteiger charge is -2.29. The van der Waals surface area contributed by atoms with Crippen LogP contribution < -0.4 is 10.2 Å². The van der Waals surface area contributed by atoms with E-state index in [-0.39, 0.29) is 30.8 Å². The first-order chi connectivity index (χ1) is 15.2. The predicted molar refractivity (Wildman–Crippen MR) is 121 cm³/mol. The number of carbonyl (C=O) groups is 2. The largest absolute Gasteiger partial charge is 0.455 e. The van der Waals surface area contributed by atoms with Crippen molar-refractivity contribution >= 4 is 17.6 Å². The fraction of sp³-hybridized carbons (Fsp3) is 0.440. The molecule has 0 bridgehead atoms. The highest BCUT2D eigenvalue weighted by molar-refractivity contribution is 5.81. The molecule has 2 aromatic carbocycles. The monoisotopic (exact) mass is 442 g/mol. The Balaban J connectivity index is 1.42. The van der Waals surface area contributed by atoms with E-state index in [4.69, 9.17) is 9.47 Å². The molecule has 7 heteroatoms. The Morgan fingerprint density at radius 1 is 1.06 bits per heavy atom. The van der Waals surface area contributed by atoms with E-state index in [0.29, 0.717) is 37.6 Å². The van der Waals surface area contributed by atoms with Crippen molar-refractivity contribution in [2.75, 3.05) is 37.8 Å². The number of benzene rings is 2. The van der Waals surface area contributed by atoms with Crippen LogP contribution in [0.3, 0.4) is 0 Å². The second kappa shape index (κ2) is 10.6. The van der Waals surface area contributed by atoms with Gasteiger partial charge in [0.15, 0.2) is 6.61 Å². The number of hydrogen-bond acceptors (Lipinski definition) is 5. The van der Waals surface area contributed by atoms with Gasteiger partial charge in [0.1, 0.15) is 5.82 Å². The average molecular weight is 443 g/mol. The minimum absolute atomic E-state index is 0.0445. The van der Waals surface area contributed by atoms with Gasteiger partial charge in [0.2, 0.25) is 0 Å².